The average Bonchev–Trinajstić information content (AvgIpc) is 3.14. The van der Waals surface area contributed by atoms with E-state index in [-0.39, 0.29) is 41.0 Å². The highest BCUT2D eigenvalue weighted by molar-refractivity contribution is 14.0. The third-order valence-electron chi connectivity index (χ3n) is 4.10. The van der Waals surface area contributed by atoms with Crippen LogP contribution in [0.3, 0.4) is 0 Å². The molecule has 0 aliphatic carbocycles. The number of amides is 1. The van der Waals surface area contributed by atoms with Crippen molar-refractivity contribution in [3.8, 4) is 11.5 Å². The van der Waals surface area contributed by atoms with Crippen LogP contribution in [0.1, 0.15) is 15.9 Å². The van der Waals surface area contributed by atoms with Gasteiger partial charge in [0.2, 0.25) is 0 Å². The lowest BCUT2D eigenvalue weighted by molar-refractivity contribution is 0.0707. The lowest BCUT2D eigenvalue weighted by Gasteiger charge is -2.26. The van der Waals surface area contributed by atoms with Gasteiger partial charge in [-0.1, -0.05) is 35.9 Å². The van der Waals surface area contributed by atoms with Crippen molar-refractivity contribution in [3.05, 3.63) is 88.9 Å². The molecule has 29 heavy (non-hydrogen) atoms. The SMILES string of the molecule is I.O=C(c1ccccc1O)N1NC(c2cccc(O)c2)=NN1c1ccc(Cl)cc1. The monoisotopic (exact) mass is 522 g/mol. The van der Waals surface area contributed by atoms with Crippen LogP contribution in [0.15, 0.2) is 77.9 Å². The Kier molecular flexibility index (Phi) is 6.14. The number of carbonyl (C=O) groups excluding carboxylic acids is 1. The second-order valence-electron chi connectivity index (χ2n) is 6.01. The van der Waals surface area contributed by atoms with Crippen LogP contribution in [0, 0.1) is 0 Å². The van der Waals surface area contributed by atoms with Crippen LogP contribution in [0.2, 0.25) is 5.02 Å². The summed E-state index contributed by atoms with van der Waals surface area (Å²) in [7, 11) is 0. The van der Waals surface area contributed by atoms with Gasteiger partial charge in [-0.2, -0.15) is 0 Å². The molecule has 0 saturated heterocycles. The molecule has 3 aromatic carbocycles. The van der Waals surface area contributed by atoms with Crippen LogP contribution in [-0.4, -0.2) is 27.1 Å². The van der Waals surface area contributed by atoms with Crippen molar-refractivity contribution in [2.45, 2.75) is 0 Å². The molecular weight excluding hydrogens is 507 g/mol. The molecule has 3 N–H and O–H groups in total. The zero-order valence-corrected chi connectivity index (χ0v) is 17.9. The van der Waals surface area contributed by atoms with Crippen molar-refractivity contribution in [2.75, 3.05) is 5.12 Å². The average molecular weight is 523 g/mol. The van der Waals surface area contributed by atoms with Crippen LogP contribution in [0.25, 0.3) is 0 Å². The van der Waals surface area contributed by atoms with Crippen LogP contribution in [0.4, 0.5) is 5.69 Å². The molecule has 0 atom stereocenters. The van der Waals surface area contributed by atoms with E-state index in [9.17, 15) is 15.0 Å². The fourth-order valence-corrected chi connectivity index (χ4v) is 2.86. The maximum Gasteiger partial charge on any atom is 0.297 e. The zero-order valence-electron chi connectivity index (χ0n) is 14.9. The first kappa shape index (κ1) is 20.7. The third kappa shape index (κ3) is 4.22. The Hall–Kier alpha value is -2.98. The summed E-state index contributed by atoms with van der Waals surface area (Å²) in [6.45, 7) is 0. The van der Waals surface area contributed by atoms with Gasteiger partial charge in [0.25, 0.3) is 5.91 Å². The van der Waals surface area contributed by atoms with Crippen LogP contribution in [-0.2, 0) is 0 Å². The van der Waals surface area contributed by atoms with Crippen molar-refractivity contribution in [1.29, 1.82) is 0 Å². The molecule has 1 aliphatic heterocycles. The smallest absolute Gasteiger partial charge is 0.297 e. The second-order valence-corrected chi connectivity index (χ2v) is 6.45. The molecule has 0 bridgehead atoms. The number of hydrogen-bond acceptors (Lipinski definition) is 6. The van der Waals surface area contributed by atoms with Crippen molar-refractivity contribution in [1.82, 2.24) is 10.5 Å². The van der Waals surface area contributed by atoms with Crippen LogP contribution >= 0.6 is 35.6 Å². The highest BCUT2D eigenvalue weighted by atomic mass is 127. The van der Waals surface area contributed by atoms with E-state index in [4.69, 9.17) is 11.6 Å². The first-order valence-electron chi connectivity index (χ1n) is 8.35. The summed E-state index contributed by atoms with van der Waals surface area (Å²) in [5.41, 5.74) is 4.21. The number of rotatable bonds is 3. The maximum atomic E-state index is 13.1. The fourth-order valence-electron chi connectivity index (χ4n) is 2.74. The second kappa shape index (κ2) is 8.58. The Bertz CT molecular complexity index is 1080. The number of hydrazone groups is 1. The molecular formula is C20H16ClIN4O3. The van der Waals surface area contributed by atoms with Crippen LogP contribution < -0.4 is 10.5 Å². The van der Waals surface area contributed by atoms with Gasteiger partial charge in [-0.15, -0.1) is 39.3 Å². The first-order valence-corrected chi connectivity index (χ1v) is 8.73. The molecule has 0 aromatic heterocycles. The summed E-state index contributed by atoms with van der Waals surface area (Å²) < 4.78 is 0. The summed E-state index contributed by atoms with van der Waals surface area (Å²) in [5, 5.41) is 27.4. The molecule has 9 heteroatoms. The number of nitrogens with one attached hydrogen (secondary N) is 1. The Morgan fingerprint density at radius 3 is 2.38 bits per heavy atom. The van der Waals surface area contributed by atoms with Crippen molar-refractivity contribution in [2.24, 2.45) is 5.10 Å². The van der Waals surface area contributed by atoms with E-state index in [2.05, 4.69) is 10.5 Å². The fraction of sp³-hybridized carbons (Fsp3) is 0. The lowest BCUT2D eigenvalue weighted by atomic mass is 10.2. The standard InChI is InChI=1S/C20H15ClN4O3.HI/c21-14-8-10-15(11-9-14)24-22-19(13-4-3-5-16(26)12-13)23-25(24)20(28)17-6-1-2-7-18(17)27;/h1-12,26-27H,(H,22,23);1H. The molecule has 0 spiro atoms. The van der Waals surface area contributed by atoms with Gasteiger partial charge in [0.1, 0.15) is 11.5 Å². The maximum absolute atomic E-state index is 13.1. The quantitative estimate of drug-likeness (QED) is 0.451. The number of benzene rings is 3. The molecule has 4 rings (SSSR count). The van der Waals surface area contributed by atoms with Gasteiger partial charge < -0.3 is 10.2 Å². The number of hydrogen-bond donors (Lipinski definition) is 3. The Labute approximate surface area is 188 Å². The van der Waals surface area contributed by atoms with Gasteiger partial charge in [-0.05, 0) is 48.5 Å². The molecule has 0 saturated carbocycles. The number of phenolic OH excluding ortho intramolecular Hbond substituents is 2. The van der Waals surface area contributed by atoms with Crippen molar-refractivity contribution >= 4 is 53.0 Å². The van der Waals surface area contributed by atoms with E-state index in [1.165, 1.54) is 28.4 Å². The molecule has 3 aromatic rings. The highest BCUT2D eigenvalue weighted by Gasteiger charge is 2.32. The van der Waals surface area contributed by atoms with Crippen molar-refractivity contribution < 1.29 is 15.0 Å². The molecule has 0 unspecified atom stereocenters. The summed E-state index contributed by atoms with van der Waals surface area (Å²) in [6.07, 6.45) is 0. The molecule has 1 heterocycles. The largest absolute Gasteiger partial charge is 0.508 e. The van der Waals surface area contributed by atoms with Gasteiger partial charge in [0, 0.05) is 10.6 Å². The molecule has 1 amide bonds. The summed E-state index contributed by atoms with van der Waals surface area (Å²) in [5.74, 6) is -0.219. The number of amidine groups is 1. The van der Waals surface area contributed by atoms with E-state index in [0.717, 1.165) is 0 Å². The highest BCUT2D eigenvalue weighted by Crippen LogP contribution is 2.26. The molecule has 7 nitrogen and oxygen atoms in total. The number of anilines is 1. The minimum absolute atomic E-state index is 0. The Morgan fingerprint density at radius 2 is 1.69 bits per heavy atom. The Balaban J connectivity index is 0.00000240. The van der Waals surface area contributed by atoms with Gasteiger partial charge in [0.05, 0.1) is 11.3 Å². The zero-order chi connectivity index (χ0) is 19.7. The van der Waals surface area contributed by atoms with Crippen molar-refractivity contribution in [3.63, 3.8) is 0 Å². The summed E-state index contributed by atoms with van der Waals surface area (Å²) in [6, 6.07) is 19.5. The molecule has 0 fully saturated rings. The third-order valence-corrected chi connectivity index (χ3v) is 4.35. The van der Waals surface area contributed by atoms with E-state index in [0.29, 0.717) is 22.1 Å². The molecule has 1 aliphatic rings. The Morgan fingerprint density at radius 1 is 0.966 bits per heavy atom. The lowest BCUT2D eigenvalue weighted by Crippen LogP contribution is -2.48. The van der Waals surface area contributed by atoms with Gasteiger partial charge >= 0.3 is 0 Å². The molecule has 148 valence electrons. The minimum Gasteiger partial charge on any atom is -0.508 e. The summed E-state index contributed by atoms with van der Waals surface area (Å²) in [4.78, 5) is 13.1. The normalized spacial score (nSPS) is 12.8. The van der Waals surface area contributed by atoms with Gasteiger partial charge in [0.15, 0.2) is 5.84 Å². The van der Waals surface area contributed by atoms with E-state index < -0.39 is 5.91 Å². The predicted octanol–water partition coefficient (Wildman–Crippen LogP) is 4.11. The molecule has 0 radical (unpaired) electrons. The number of hydrazine groups is 2. The van der Waals surface area contributed by atoms with Gasteiger partial charge in [-0.3, -0.25) is 10.2 Å². The topological polar surface area (TPSA) is 88.4 Å². The number of phenols is 2. The first-order chi connectivity index (χ1) is 13.5. The van der Waals surface area contributed by atoms with E-state index in [1.807, 2.05) is 0 Å². The number of halogens is 2. The number of para-hydroxylation sites is 1. The number of nitrogens with zero attached hydrogens (tertiary/aromatic N) is 3. The number of aromatic hydroxyl groups is 2. The summed E-state index contributed by atoms with van der Waals surface area (Å²) >= 11 is 5.96. The minimum atomic E-state index is -0.507. The van der Waals surface area contributed by atoms with E-state index in [1.54, 1.807) is 54.6 Å². The van der Waals surface area contributed by atoms with E-state index >= 15 is 0 Å². The van der Waals surface area contributed by atoms with Gasteiger partial charge in [-0.25, -0.2) is 0 Å². The predicted molar refractivity (Wildman–Crippen MR) is 121 cm³/mol. The number of carbonyl (C=O) groups is 1. The van der Waals surface area contributed by atoms with Crippen LogP contribution in [0.5, 0.6) is 11.5 Å².